The lowest BCUT2D eigenvalue weighted by Crippen LogP contribution is -1.76. The van der Waals surface area contributed by atoms with E-state index in [4.69, 9.17) is 4.42 Å². The Hall–Kier alpha value is -0.0200. The molecule has 0 aliphatic rings. The molecule has 0 radical (unpaired) electrons. The first-order valence-electron chi connectivity index (χ1n) is 3.32. The van der Waals surface area contributed by atoms with E-state index in [9.17, 15) is 0 Å². The van der Waals surface area contributed by atoms with Crippen molar-refractivity contribution in [3.63, 3.8) is 0 Å². The molecule has 1 heterocycles. The molecule has 0 amide bonds. The van der Waals surface area contributed by atoms with Crippen LogP contribution in [0.3, 0.4) is 0 Å². The van der Waals surface area contributed by atoms with E-state index in [1.165, 1.54) is 0 Å². The largest absolute Gasteiger partial charge is 0.469 e. The predicted octanol–water partition coefficient (Wildman–Crippen LogP) is 3.84. The molecule has 0 saturated carbocycles. The van der Waals surface area contributed by atoms with Crippen LogP contribution in [-0.2, 0) is 6.42 Å². The van der Waals surface area contributed by atoms with Crippen LogP contribution in [-0.4, -0.2) is 0 Å². The van der Waals surface area contributed by atoms with E-state index in [2.05, 4.69) is 37.9 Å². The van der Waals surface area contributed by atoms with Crippen molar-refractivity contribution in [2.75, 3.05) is 0 Å². The minimum atomic E-state index is 0.952. The molecule has 0 fully saturated rings. The van der Waals surface area contributed by atoms with Gasteiger partial charge in [0.05, 0.1) is 9.65 Å². The number of rotatable bonds is 3. The predicted molar refractivity (Wildman–Crippen MR) is 53.0 cm³/mol. The van der Waals surface area contributed by atoms with Gasteiger partial charge in [0.2, 0.25) is 0 Å². The van der Waals surface area contributed by atoms with Gasteiger partial charge in [0, 0.05) is 6.42 Å². The van der Waals surface area contributed by atoms with Crippen LogP contribution >= 0.6 is 31.9 Å². The zero-order chi connectivity index (χ0) is 8.10. The number of hydrogen-bond donors (Lipinski definition) is 0. The highest BCUT2D eigenvalue weighted by Gasteiger charge is 1.92. The van der Waals surface area contributed by atoms with Gasteiger partial charge in [-0.25, -0.2) is 0 Å². The molecule has 0 bridgehead atoms. The van der Waals surface area contributed by atoms with Crippen LogP contribution in [0, 0.1) is 0 Å². The minimum absolute atomic E-state index is 0.952. The summed E-state index contributed by atoms with van der Waals surface area (Å²) >= 11 is 6.57. The van der Waals surface area contributed by atoms with E-state index < -0.39 is 0 Å². The third-order valence-corrected chi connectivity index (χ3v) is 1.92. The average molecular weight is 280 g/mol. The Kier molecular flexibility index (Phi) is 3.94. The fourth-order valence-corrected chi connectivity index (χ4v) is 1.24. The normalized spacial score (nSPS) is 9.64. The molecule has 0 aliphatic carbocycles. The number of halogens is 2. The number of furan rings is 1. The summed E-state index contributed by atoms with van der Waals surface area (Å²) in [7, 11) is 0. The number of allylic oxidation sites excluding steroid dienone is 1. The van der Waals surface area contributed by atoms with Crippen LogP contribution in [0.5, 0.6) is 0 Å². The van der Waals surface area contributed by atoms with Crippen LogP contribution in [0.25, 0.3) is 0 Å². The van der Waals surface area contributed by atoms with Gasteiger partial charge < -0.3 is 4.42 Å². The summed E-state index contributed by atoms with van der Waals surface area (Å²) in [5.41, 5.74) is 0. The highest BCUT2D eigenvalue weighted by Crippen LogP contribution is 2.14. The van der Waals surface area contributed by atoms with Crippen LogP contribution in [0.4, 0.5) is 0 Å². The van der Waals surface area contributed by atoms with E-state index in [1.807, 2.05) is 12.1 Å². The Morgan fingerprint density at radius 3 is 2.91 bits per heavy atom. The lowest BCUT2D eigenvalue weighted by Gasteiger charge is -1.90. The van der Waals surface area contributed by atoms with Gasteiger partial charge in [0.15, 0.2) is 0 Å². The topological polar surface area (TPSA) is 13.1 Å². The van der Waals surface area contributed by atoms with Crippen molar-refractivity contribution in [2.45, 2.75) is 12.8 Å². The molecule has 60 valence electrons. The van der Waals surface area contributed by atoms with Gasteiger partial charge in [-0.05, 0) is 50.4 Å². The summed E-state index contributed by atoms with van der Waals surface area (Å²) in [5.74, 6) is 1.03. The third-order valence-electron chi connectivity index (χ3n) is 1.27. The van der Waals surface area contributed by atoms with Crippen LogP contribution in [0.2, 0.25) is 0 Å². The van der Waals surface area contributed by atoms with Gasteiger partial charge in [0.1, 0.15) is 5.76 Å². The number of hydrogen-bond acceptors (Lipinski definition) is 1. The molecule has 1 aromatic heterocycles. The Labute approximate surface area is 82.7 Å². The Bertz CT molecular complexity index is 222. The summed E-state index contributed by atoms with van der Waals surface area (Å²) in [5, 5.41) is 0. The van der Waals surface area contributed by atoms with Crippen molar-refractivity contribution in [3.8, 4) is 0 Å². The van der Waals surface area contributed by atoms with Crippen LogP contribution in [0.15, 0.2) is 32.3 Å². The third kappa shape index (κ3) is 3.77. The second-order valence-electron chi connectivity index (χ2n) is 2.11. The van der Waals surface area contributed by atoms with Crippen LogP contribution < -0.4 is 0 Å². The lowest BCUT2D eigenvalue weighted by molar-refractivity contribution is 0.510. The van der Waals surface area contributed by atoms with Gasteiger partial charge in [-0.15, -0.1) is 0 Å². The van der Waals surface area contributed by atoms with E-state index >= 15 is 0 Å². The summed E-state index contributed by atoms with van der Waals surface area (Å²) in [6, 6.07) is 3.89. The van der Waals surface area contributed by atoms with E-state index in [1.54, 1.807) is 6.26 Å². The Morgan fingerprint density at radius 2 is 2.36 bits per heavy atom. The molecular weight excluding hydrogens is 272 g/mol. The molecule has 1 aromatic rings. The van der Waals surface area contributed by atoms with Crippen molar-refractivity contribution in [1.82, 2.24) is 0 Å². The molecule has 0 aliphatic heterocycles. The molecular formula is C8H8Br2O. The molecule has 0 spiro atoms. The smallest absolute Gasteiger partial charge is 0.104 e. The molecule has 0 saturated heterocycles. The van der Waals surface area contributed by atoms with Crippen molar-refractivity contribution in [2.24, 2.45) is 0 Å². The quantitative estimate of drug-likeness (QED) is 0.819. The summed E-state index contributed by atoms with van der Waals surface area (Å²) in [6.45, 7) is 0. The van der Waals surface area contributed by atoms with E-state index in [0.29, 0.717) is 0 Å². The van der Waals surface area contributed by atoms with Gasteiger partial charge >= 0.3 is 0 Å². The first-order chi connectivity index (χ1) is 5.29. The molecule has 0 atom stereocenters. The van der Waals surface area contributed by atoms with E-state index in [-0.39, 0.29) is 0 Å². The second-order valence-corrected chi connectivity index (χ2v) is 4.88. The van der Waals surface area contributed by atoms with Crippen molar-refractivity contribution >= 4 is 31.9 Å². The van der Waals surface area contributed by atoms with Gasteiger partial charge in [-0.3, -0.25) is 0 Å². The maximum Gasteiger partial charge on any atom is 0.104 e. The molecule has 3 heteroatoms. The maximum absolute atomic E-state index is 5.16. The highest BCUT2D eigenvalue weighted by atomic mass is 79.9. The second kappa shape index (κ2) is 4.78. The fourth-order valence-electron chi connectivity index (χ4n) is 0.778. The molecule has 0 aromatic carbocycles. The summed E-state index contributed by atoms with van der Waals surface area (Å²) in [6.07, 6.45) is 5.69. The summed E-state index contributed by atoms with van der Waals surface area (Å²) < 4.78 is 6.15. The molecule has 11 heavy (non-hydrogen) atoms. The van der Waals surface area contributed by atoms with E-state index in [0.717, 1.165) is 22.0 Å². The fraction of sp³-hybridized carbons (Fsp3) is 0.250. The SMILES string of the molecule is BrC(Br)=CCCc1ccco1. The van der Waals surface area contributed by atoms with Crippen molar-refractivity contribution < 1.29 is 4.42 Å². The molecule has 1 rings (SSSR count). The first kappa shape index (κ1) is 9.07. The highest BCUT2D eigenvalue weighted by molar-refractivity contribution is 9.28. The minimum Gasteiger partial charge on any atom is -0.469 e. The van der Waals surface area contributed by atoms with Crippen LogP contribution in [0.1, 0.15) is 12.2 Å². The monoisotopic (exact) mass is 278 g/mol. The van der Waals surface area contributed by atoms with Gasteiger partial charge in [-0.1, -0.05) is 6.08 Å². The lowest BCUT2D eigenvalue weighted by atomic mass is 10.2. The standard InChI is InChI=1S/C8H8Br2O/c9-8(10)5-1-3-7-4-2-6-11-7/h2,4-6H,1,3H2. The van der Waals surface area contributed by atoms with Crippen molar-refractivity contribution in [3.05, 3.63) is 33.6 Å². The first-order valence-corrected chi connectivity index (χ1v) is 4.91. The number of aryl methyl sites for hydroxylation is 1. The Morgan fingerprint density at radius 1 is 1.55 bits per heavy atom. The van der Waals surface area contributed by atoms with Crippen molar-refractivity contribution in [1.29, 1.82) is 0 Å². The summed E-state index contributed by atoms with van der Waals surface area (Å²) in [4.78, 5) is 0. The zero-order valence-corrected chi connectivity index (χ0v) is 9.06. The zero-order valence-electron chi connectivity index (χ0n) is 5.89. The van der Waals surface area contributed by atoms with Gasteiger partial charge in [-0.2, -0.15) is 0 Å². The maximum atomic E-state index is 5.16. The molecule has 0 N–H and O–H groups in total. The molecule has 0 unspecified atom stereocenters. The molecule has 1 nitrogen and oxygen atoms in total. The Balaban J connectivity index is 2.30. The van der Waals surface area contributed by atoms with Gasteiger partial charge in [0.25, 0.3) is 0 Å². The average Bonchev–Trinajstić information content (AvgIpc) is 2.39.